The number of aliphatic hydroxyl groups is 1. The Kier molecular flexibility index (Phi) is 4.33. The molecule has 0 radical (unpaired) electrons. The first-order valence-corrected chi connectivity index (χ1v) is 6.39. The minimum Gasteiger partial charge on any atom is -0.395 e. The molecule has 0 saturated carbocycles. The van der Waals surface area contributed by atoms with E-state index in [1.54, 1.807) is 17.1 Å². The van der Waals surface area contributed by atoms with E-state index in [0.29, 0.717) is 12.1 Å². The summed E-state index contributed by atoms with van der Waals surface area (Å²) in [4.78, 5) is 16.2. The van der Waals surface area contributed by atoms with Crippen molar-refractivity contribution in [3.8, 4) is 0 Å². The second-order valence-electron chi connectivity index (χ2n) is 4.44. The van der Waals surface area contributed by atoms with Crippen molar-refractivity contribution in [3.05, 3.63) is 18.0 Å². The second kappa shape index (κ2) is 5.97. The van der Waals surface area contributed by atoms with Gasteiger partial charge >= 0.3 is 0 Å². The van der Waals surface area contributed by atoms with Crippen LogP contribution in [0, 0.1) is 0 Å². The van der Waals surface area contributed by atoms with E-state index >= 15 is 0 Å². The van der Waals surface area contributed by atoms with Crippen LogP contribution in [0.3, 0.4) is 0 Å². The first-order chi connectivity index (χ1) is 8.74. The Bertz CT molecular complexity index is 397. The van der Waals surface area contributed by atoms with Crippen LogP contribution >= 0.6 is 0 Å². The van der Waals surface area contributed by atoms with Crippen LogP contribution < -0.4 is 0 Å². The van der Waals surface area contributed by atoms with Crippen LogP contribution in [-0.4, -0.2) is 69.9 Å². The number of aliphatic hydroxyl groups excluding tert-OH is 1. The van der Waals surface area contributed by atoms with Gasteiger partial charge in [-0.1, -0.05) is 0 Å². The number of β-amino-alcohol motifs (C(OH)–C–C–N with tert-alkyl or cyclic N) is 1. The van der Waals surface area contributed by atoms with Gasteiger partial charge in [-0.15, -0.1) is 0 Å². The van der Waals surface area contributed by atoms with E-state index in [4.69, 9.17) is 5.11 Å². The summed E-state index contributed by atoms with van der Waals surface area (Å²) in [5, 5.41) is 13.0. The average Bonchev–Trinajstić information content (AvgIpc) is 2.88. The van der Waals surface area contributed by atoms with Gasteiger partial charge in [-0.25, -0.2) is 0 Å². The molecule has 1 saturated heterocycles. The molecular formula is C12H20N4O2. The van der Waals surface area contributed by atoms with Crippen LogP contribution in [0.1, 0.15) is 17.3 Å². The molecule has 0 aromatic carbocycles. The number of amides is 1. The summed E-state index contributed by atoms with van der Waals surface area (Å²) in [7, 11) is 0. The quantitative estimate of drug-likeness (QED) is 0.796. The standard InChI is InChI=1S/C12H20N4O2/c1-2-16-10-11(9-13-16)12(18)15-5-3-14(4-6-15)7-8-17/h9-10,17H,2-8H2,1H3. The van der Waals surface area contributed by atoms with Gasteiger partial charge < -0.3 is 10.0 Å². The third-order valence-electron chi connectivity index (χ3n) is 3.28. The molecule has 1 aromatic heterocycles. The van der Waals surface area contributed by atoms with Crippen LogP contribution in [0.2, 0.25) is 0 Å². The molecule has 1 fully saturated rings. The van der Waals surface area contributed by atoms with E-state index in [1.807, 2.05) is 11.8 Å². The number of hydrogen-bond donors (Lipinski definition) is 1. The second-order valence-corrected chi connectivity index (χ2v) is 4.44. The zero-order valence-corrected chi connectivity index (χ0v) is 10.7. The van der Waals surface area contributed by atoms with Crippen molar-refractivity contribution in [2.75, 3.05) is 39.3 Å². The minimum atomic E-state index is 0.0540. The fourth-order valence-corrected chi connectivity index (χ4v) is 2.15. The van der Waals surface area contributed by atoms with E-state index in [1.165, 1.54) is 0 Å². The fraction of sp³-hybridized carbons (Fsp3) is 0.667. The average molecular weight is 252 g/mol. The molecule has 2 heterocycles. The lowest BCUT2D eigenvalue weighted by atomic mass is 10.2. The highest BCUT2D eigenvalue weighted by atomic mass is 16.3. The Balaban J connectivity index is 1.91. The van der Waals surface area contributed by atoms with E-state index in [0.717, 1.165) is 32.7 Å². The van der Waals surface area contributed by atoms with Gasteiger partial charge in [-0.2, -0.15) is 5.10 Å². The van der Waals surface area contributed by atoms with Crippen molar-refractivity contribution < 1.29 is 9.90 Å². The zero-order valence-electron chi connectivity index (χ0n) is 10.7. The van der Waals surface area contributed by atoms with Crippen molar-refractivity contribution in [2.45, 2.75) is 13.5 Å². The molecule has 0 aliphatic carbocycles. The monoisotopic (exact) mass is 252 g/mol. The highest BCUT2D eigenvalue weighted by Crippen LogP contribution is 2.08. The predicted molar refractivity (Wildman–Crippen MR) is 67.3 cm³/mol. The van der Waals surface area contributed by atoms with Gasteiger partial charge in [0.25, 0.3) is 5.91 Å². The Labute approximate surface area is 107 Å². The molecule has 1 amide bonds. The molecule has 0 spiro atoms. The number of rotatable bonds is 4. The topological polar surface area (TPSA) is 61.6 Å². The molecule has 0 atom stereocenters. The van der Waals surface area contributed by atoms with Crippen molar-refractivity contribution in [1.82, 2.24) is 19.6 Å². The Morgan fingerprint density at radius 2 is 2.11 bits per heavy atom. The molecule has 1 aromatic rings. The van der Waals surface area contributed by atoms with Crippen LogP contribution in [0.4, 0.5) is 0 Å². The Morgan fingerprint density at radius 1 is 1.39 bits per heavy atom. The summed E-state index contributed by atoms with van der Waals surface area (Å²) in [6.07, 6.45) is 3.42. The smallest absolute Gasteiger partial charge is 0.257 e. The largest absolute Gasteiger partial charge is 0.395 e. The van der Waals surface area contributed by atoms with Crippen LogP contribution in [0.25, 0.3) is 0 Å². The van der Waals surface area contributed by atoms with E-state index in [-0.39, 0.29) is 12.5 Å². The number of piperazine rings is 1. The van der Waals surface area contributed by atoms with Gasteiger partial charge in [0.1, 0.15) is 0 Å². The van der Waals surface area contributed by atoms with Crippen molar-refractivity contribution in [3.63, 3.8) is 0 Å². The third-order valence-corrected chi connectivity index (χ3v) is 3.28. The fourth-order valence-electron chi connectivity index (χ4n) is 2.15. The molecule has 6 heteroatoms. The predicted octanol–water partition coefficient (Wildman–Crippen LogP) is -0.347. The molecule has 6 nitrogen and oxygen atoms in total. The lowest BCUT2D eigenvalue weighted by Crippen LogP contribution is -2.49. The van der Waals surface area contributed by atoms with E-state index in [9.17, 15) is 4.79 Å². The van der Waals surface area contributed by atoms with Crippen molar-refractivity contribution >= 4 is 5.91 Å². The molecule has 18 heavy (non-hydrogen) atoms. The maximum absolute atomic E-state index is 12.2. The van der Waals surface area contributed by atoms with Gasteiger partial charge in [0.2, 0.25) is 0 Å². The summed E-state index contributed by atoms with van der Waals surface area (Å²) < 4.78 is 1.76. The summed E-state index contributed by atoms with van der Waals surface area (Å²) in [5.41, 5.74) is 0.660. The van der Waals surface area contributed by atoms with Gasteiger partial charge in [-0.3, -0.25) is 14.4 Å². The maximum atomic E-state index is 12.2. The van der Waals surface area contributed by atoms with Crippen molar-refractivity contribution in [1.29, 1.82) is 0 Å². The number of carbonyl (C=O) groups is 1. The first-order valence-electron chi connectivity index (χ1n) is 6.39. The summed E-state index contributed by atoms with van der Waals surface area (Å²) in [6.45, 7) is 6.73. The molecule has 0 unspecified atom stereocenters. The Morgan fingerprint density at radius 3 is 2.67 bits per heavy atom. The maximum Gasteiger partial charge on any atom is 0.257 e. The highest BCUT2D eigenvalue weighted by Gasteiger charge is 2.22. The van der Waals surface area contributed by atoms with Crippen LogP contribution in [0.5, 0.6) is 0 Å². The van der Waals surface area contributed by atoms with Gasteiger partial charge in [0.15, 0.2) is 0 Å². The number of aromatic nitrogens is 2. The minimum absolute atomic E-state index is 0.0540. The summed E-state index contributed by atoms with van der Waals surface area (Å²) in [5.74, 6) is 0.0540. The lowest BCUT2D eigenvalue weighted by Gasteiger charge is -2.34. The summed E-state index contributed by atoms with van der Waals surface area (Å²) >= 11 is 0. The van der Waals surface area contributed by atoms with Gasteiger partial charge in [-0.05, 0) is 6.92 Å². The molecule has 1 aliphatic heterocycles. The van der Waals surface area contributed by atoms with E-state index < -0.39 is 0 Å². The molecular weight excluding hydrogens is 232 g/mol. The molecule has 1 aliphatic rings. The van der Waals surface area contributed by atoms with Gasteiger partial charge in [0, 0.05) is 45.5 Å². The van der Waals surface area contributed by atoms with E-state index in [2.05, 4.69) is 10.00 Å². The molecule has 100 valence electrons. The highest BCUT2D eigenvalue weighted by molar-refractivity contribution is 5.93. The first kappa shape index (κ1) is 13.0. The lowest BCUT2D eigenvalue weighted by molar-refractivity contribution is 0.0615. The van der Waals surface area contributed by atoms with Crippen molar-refractivity contribution in [2.24, 2.45) is 0 Å². The number of aryl methyl sites for hydroxylation is 1. The van der Waals surface area contributed by atoms with Gasteiger partial charge in [0.05, 0.1) is 18.4 Å². The van der Waals surface area contributed by atoms with Crippen LogP contribution in [0.15, 0.2) is 12.4 Å². The van der Waals surface area contributed by atoms with Crippen LogP contribution in [-0.2, 0) is 6.54 Å². The SMILES string of the molecule is CCn1cc(C(=O)N2CCN(CCO)CC2)cn1. The third kappa shape index (κ3) is 2.88. The normalized spacial score (nSPS) is 17.1. The molecule has 1 N–H and O–H groups in total. The number of nitrogens with zero attached hydrogens (tertiary/aromatic N) is 4. The zero-order chi connectivity index (χ0) is 13.0. The molecule has 0 bridgehead atoms. The summed E-state index contributed by atoms with van der Waals surface area (Å²) in [6, 6.07) is 0. The molecule has 2 rings (SSSR count). The number of carbonyl (C=O) groups excluding carboxylic acids is 1. The Hall–Kier alpha value is -1.40. The number of hydrogen-bond acceptors (Lipinski definition) is 4.